The first-order chi connectivity index (χ1) is 13.1. The number of thiophene rings is 1. The maximum Gasteiger partial charge on any atom is 0.265 e. The first-order valence-electron chi connectivity index (χ1n) is 8.12. The van der Waals surface area contributed by atoms with Crippen LogP contribution in [0.1, 0.15) is 15.4 Å². The van der Waals surface area contributed by atoms with E-state index in [4.69, 9.17) is 16.3 Å². The van der Waals surface area contributed by atoms with Gasteiger partial charge in [0, 0.05) is 11.5 Å². The number of fused-ring (bicyclic) bond motifs is 1. The molecular weight excluding hydrogens is 384 g/mol. The Morgan fingerprint density at radius 3 is 2.78 bits per heavy atom. The summed E-state index contributed by atoms with van der Waals surface area (Å²) in [6, 6.07) is 12.8. The van der Waals surface area contributed by atoms with E-state index in [0.29, 0.717) is 21.5 Å². The zero-order valence-electron chi connectivity index (χ0n) is 14.6. The van der Waals surface area contributed by atoms with E-state index in [9.17, 15) is 4.79 Å². The summed E-state index contributed by atoms with van der Waals surface area (Å²) in [5, 5.41) is 8.95. The zero-order valence-corrected chi connectivity index (χ0v) is 16.1. The molecule has 3 aromatic heterocycles. The van der Waals surface area contributed by atoms with Gasteiger partial charge in [0.15, 0.2) is 0 Å². The third-order valence-corrected chi connectivity index (χ3v) is 5.48. The van der Waals surface area contributed by atoms with Crippen molar-refractivity contribution >= 4 is 44.7 Å². The number of carbonyl (C=O) groups is 1. The van der Waals surface area contributed by atoms with Gasteiger partial charge in [-0.25, -0.2) is 9.67 Å². The van der Waals surface area contributed by atoms with E-state index in [1.54, 1.807) is 30.1 Å². The predicted molar refractivity (Wildman–Crippen MR) is 107 cm³/mol. The summed E-state index contributed by atoms with van der Waals surface area (Å²) >= 11 is 7.69. The van der Waals surface area contributed by atoms with Crippen molar-refractivity contribution in [3.8, 4) is 11.6 Å². The Balaban J connectivity index is 1.68. The molecule has 0 saturated heterocycles. The van der Waals surface area contributed by atoms with Gasteiger partial charge < -0.3 is 10.1 Å². The van der Waals surface area contributed by atoms with Gasteiger partial charge in [-0.1, -0.05) is 23.7 Å². The first-order valence-corrected chi connectivity index (χ1v) is 9.31. The number of aromatic nitrogens is 3. The van der Waals surface area contributed by atoms with Gasteiger partial charge in [-0.15, -0.1) is 11.3 Å². The molecule has 8 heteroatoms. The number of pyridine rings is 1. The van der Waals surface area contributed by atoms with Crippen LogP contribution in [-0.2, 0) is 0 Å². The number of halogens is 1. The van der Waals surface area contributed by atoms with Gasteiger partial charge in [0.05, 0.1) is 40.3 Å². The van der Waals surface area contributed by atoms with Crippen LogP contribution in [0.2, 0.25) is 5.02 Å². The van der Waals surface area contributed by atoms with Crippen LogP contribution in [0.5, 0.6) is 5.88 Å². The molecule has 136 valence electrons. The lowest BCUT2D eigenvalue weighted by Crippen LogP contribution is -2.10. The molecule has 1 aromatic carbocycles. The van der Waals surface area contributed by atoms with E-state index in [1.165, 1.54) is 11.3 Å². The van der Waals surface area contributed by atoms with Crippen LogP contribution in [0.3, 0.4) is 0 Å². The number of carbonyl (C=O) groups excluding carboxylic acids is 1. The molecule has 0 spiro atoms. The molecule has 4 aromatic rings. The lowest BCUT2D eigenvalue weighted by atomic mass is 10.3. The molecular formula is C19H15ClN4O2S. The van der Waals surface area contributed by atoms with E-state index in [1.807, 2.05) is 37.3 Å². The fraction of sp³-hybridized carbons (Fsp3) is 0.105. The summed E-state index contributed by atoms with van der Waals surface area (Å²) < 4.78 is 6.81. The highest BCUT2D eigenvalue weighted by Gasteiger charge is 2.18. The number of nitrogens with one attached hydrogen (secondary N) is 1. The van der Waals surface area contributed by atoms with Gasteiger partial charge >= 0.3 is 0 Å². The number of hydrogen-bond acceptors (Lipinski definition) is 5. The number of para-hydroxylation sites is 1. The van der Waals surface area contributed by atoms with Crippen molar-refractivity contribution in [1.29, 1.82) is 0 Å². The number of rotatable bonds is 4. The topological polar surface area (TPSA) is 69.0 Å². The summed E-state index contributed by atoms with van der Waals surface area (Å²) in [5.41, 5.74) is 2.22. The minimum atomic E-state index is -0.201. The molecule has 0 bridgehead atoms. The molecule has 3 heterocycles. The van der Waals surface area contributed by atoms with Gasteiger partial charge in [-0.05, 0) is 31.2 Å². The van der Waals surface area contributed by atoms with Crippen LogP contribution >= 0.6 is 22.9 Å². The van der Waals surface area contributed by atoms with Gasteiger partial charge in [0.2, 0.25) is 5.88 Å². The van der Waals surface area contributed by atoms with Crippen molar-refractivity contribution < 1.29 is 9.53 Å². The molecule has 27 heavy (non-hydrogen) atoms. The van der Waals surface area contributed by atoms with Crippen molar-refractivity contribution in [2.75, 3.05) is 12.4 Å². The molecule has 0 unspecified atom stereocenters. The molecule has 0 aliphatic heterocycles. The molecule has 1 amide bonds. The minimum Gasteiger partial charge on any atom is -0.481 e. The quantitative estimate of drug-likeness (QED) is 0.540. The summed E-state index contributed by atoms with van der Waals surface area (Å²) in [4.78, 5) is 18.2. The Labute approximate surface area is 164 Å². The first kappa shape index (κ1) is 17.5. The number of anilines is 1. The average molecular weight is 399 g/mol. The Morgan fingerprint density at radius 2 is 2.07 bits per heavy atom. The van der Waals surface area contributed by atoms with Crippen LogP contribution in [0.4, 0.5) is 5.69 Å². The molecule has 0 aliphatic carbocycles. The molecule has 0 saturated carbocycles. The van der Waals surface area contributed by atoms with E-state index in [2.05, 4.69) is 15.4 Å². The average Bonchev–Trinajstić information content (AvgIpc) is 3.24. The number of amides is 1. The van der Waals surface area contributed by atoms with E-state index >= 15 is 0 Å². The van der Waals surface area contributed by atoms with Crippen molar-refractivity contribution in [2.24, 2.45) is 0 Å². The predicted octanol–water partition coefficient (Wildman–Crippen LogP) is 4.70. The molecule has 0 radical (unpaired) electrons. The highest BCUT2D eigenvalue weighted by molar-refractivity contribution is 7.20. The fourth-order valence-corrected chi connectivity index (χ4v) is 4.00. The maximum absolute atomic E-state index is 12.6. The lowest BCUT2D eigenvalue weighted by Gasteiger charge is -2.05. The van der Waals surface area contributed by atoms with Crippen molar-refractivity contribution in [3.63, 3.8) is 0 Å². The second-order valence-corrected chi connectivity index (χ2v) is 7.26. The lowest BCUT2D eigenvalue weighted by molar-refractivity contribution is 0.103. The van der Waals surface area contributed by atoms with Crippen LogP contribution < -0.4 is 10.1 Å². The third kappa shape index (κ3) is 3.27. The highest BCUT2D eigenvalue weighted by atomic mass is 35.5. The number of ether oxygens (including phenoxy) is 1. The van der Waals surface area contributed by atoms with Crippen LogP contribution in [-0.4, -0.2) is 27.8 Å². The molecule has 0 atom stereocenters. The number of aryl methyl sites for hydroxylation is 1. The summed E-state index contributed by atoms with van der Waals surface area (Å²) in [5.74, 6) is 0.290. The van der Waals surface area contributed by atoms with E-state index < -0.39 is 0 Å². The number of hydrogen-bond donors (Lipinski definition) is 1. The molecule has 0 fully saturated rings. The largest absolute Gasteiger partial charge is 0.481 e. The number of benzene rings is 1. The maximum atomic E-state index is 12.6. The smallest absolute Gasteiger partial charge is 0.265 e. The van der Waals surface area contributed by atoms with E-state index in [-0.39, 0.29) is 5.91 Å². The number of methoxy groups -OCH3 is 1. The van der Waals surface area contributed by atoms with Gasteiger partial charge in [-0.2, -0.15) is 5.10 Å². The van der Waals surface area contributed by atoms with Gasteiger partial charge in [-0.3, -0.25) is 4.79 Å². The van der Waals surface area contributed by atoms with Crippen molar-refractivity contribution in [2.45, 2.75) is 6.92 Å². The second-order valence-electron chi connectivity index (χ2n) is 5.82. The zero-order chi connectivity index (χ0) is 19.0. The van der Waals surface area contributed by atoms with Crippen LogP contribution in [0.25, 0.3) is 15.9 Å². The SMILES string of the molecule is COc1ccc(NC(=O)c2cc3c(C)nn(-c4ccccc4Cl)c3s2)cn1. The van der Waals surface area contributed by atoms with Crippen molar-refractivity contribution in [3.05, 3.63) is 64.3 Å². The minimum absolute atomic E-state index is 0.201. The Hall–Kier alpha value is -2.90. The summed E-state index contributed by atoms with van der Waals surface area (Å²) in [7, 11) is 1.54. The molecule has 0 aliphatic rings. The van der Waals surface area contributed by atoms with Crippen LogP contribution in [0, 0.1) is 6.92 Å². The highest BCUT2D eigenvalue weighted by Crippen LogP contribution is 2.32. The Bertz CT molecular complexity index is 1130. The third-order valence-electron chi connectivity index (χ3n) is 4.05. The fourth-order valence-electron chi connectivity index (χ4n) is 2.71. The monoisotopic (exact) mass is 398 g/mol. The standard InChI is InChI=1S/C19H15ClN4O2S/c1-11-13-9-16(18(25)22-12-7-8-17(26-2)21-10-12)27-19(13)24(23-11)15-6-4-3-5-14(15)20/h3-10H,1-2H3,(H,22,25). The Morgan fingerprint density at radius 1 is 1.26 bits per heavy atom. The van der Waals surface area contributed by atoms with Crippen LogP contribution in [0.15, 0.2) is 48.7 Å². The molecule has 6 nitrogen and oxygen atoms in total. The molecule has 1 N–H and O–H groups in total. The molecule has 4 rings (SSSR count). The summed E-state index contributed by atoms with van der Waals surface area (Å²) in [6.07, 6.45) is 1.56. The second kappa shape index (κ2) is 7.02. The number of nitrogens with zero attached hydrogens (tertiary/aromatic N) is 3. The Kier molecular flexibility index (Phi) is 4.55. The normalized spacial score (nSPS) is 10.9. The van der Waals surface area contributed by atoms with Crippen molar-refractivity contribution in [1.82, 2.24) is 14.8 Å². The summed E-state index contributed by atoms with van der Waals surface area (Å²) in [6.45, 7) is 1.91. The van der Waals surface area contributed by atoms with Gasteiger partial charge in [0.25, 0.3) is 5.91 Å². The van der Waals surface area contributed by atoms with E-state index in [0.717, 1.165) is 21.6 Å². The van der Waals surface area contributed by atoms with Gasteiger partial charge in [0.1, 0.15) is 4.83 Å².